The fourth-order valence-electron chi connectivity index (χ4n) is 0.626. The molecule has 0 saturated carbocycles. The van der Waals surface area contributed by atoms with E-state index in [-0.39, 0.29) is 0 Å². The fraction of sp³-hybridized carbons (Fsp3) is 1.00. The zero-order valence-corrected chi connectivity index (χ0v) is 8.52. The Morgan fingerprint density at radius 2 is 2.62 bits per heavy atom. The summed E-state index contributed by atoms with van der Waals surface area (Å²) in [5.74, 6) is 0. The van der Waals surface area contributed by atoms with Gasteiger partial charge in [0.2, 0.25) is 0 Å². The molecule has 1 atom stereocenters. The third kappa shape index (κ3) is 2.22. The summed E-state index contributed by atoms with van der Waals surface area (Å²) < 4.78 is 7.56. The van der Waals surface area contributed by atoms with Crippen molar-refractivity contribution in [2.75, 3.05) is 18.5 Å². The third-order valence-electron chi connectivity index (χ3n) is 1.06. The van der Waals surface area contributed by atoms with Crippen molar-refractivity contribution in [3.05, 3.63) is 0 Å². The van der Waals surface area contributed by atoms with Crippen LogP contribution in [0.25, 0.3) is 0 Å². The van der Waals surface area contributed by atoms with Gasteiger partial charge in [-0.2, -0.15) is 0 Å². The molecule has 0 aliphatic carbocycles. The van der Waals surface area contributed by atoms with Gasteiger partial charge in [0.25, 0.3) is 0 Å². The molecule has 1 fully saturated rings. The maximum absolute atomic E-state index is 5.28. The summed E-state index contributed by atoms with van der Waals surface area (Å²) in [4.78, 5) is 0. The van der Waals surface area contributed by atoms with Crippen LogP contribution in [0.1, 0.15) is 0 Å². The maximum atomic E-state index is 5.28. The molecule has 1 nitrogen and oxygen atoms in total. The Kier molecular flexibility index (Phi) is 3.77. The molecule has 8 heavy (non-hydrogen) atoms. The van der Waals surface area contributed by atoms with Crippen LogP contribution in [0.4, 0.5) is 0 Å². The van der Waals surface area contributed by atoms with Crippen molar-refractivity contribution in [1.82, 2.24) is 0 Å². The standard InChI is InChI=1S/C5H9BrOTe/c6-3-5-4-7-1-2-8-5/h5H,1-4H2. The van der Waals surface area contributed by atoms with E-state index in [1.54, 1.807) is 0 Å². The summed E-state index contributed by atoms with van der Waals surface area (Å²) in [5, 5.41) is 1.16. The Bertz CT molecular complexity index is 63.4. The Morgan fingerprint density at radius 3 is 3.00 bits per heavy atom. The van der Waals surface area contributed by atoms with E-state index in [2.05, 4.69) is 15.9 Å². The molecule has 1 rings (SSSR count). The fourth-order valence-corrected chi connectivity index (χ4v) is 4.43. The molecule has 0 radical (unpaired) electrons. The van der Waals surface area contributed by atoms with E-state index in [0.29, 0.717) is 20.9 Å². The molecule has 0 aromatic rings. The summed E-state index contributed by atoms with van der Waals surface area (Å²) in [6.07, 6.45) is 0. The monoisotopic (exact) mass is 294 g/mol. The van der Waals surface area contributed by atoms with Crippen LogP contribution in [0.2, 0.25) is 8.43 Å². The normalized spacial score (nSPS) is 30.4. The van der Waals surface area contributed by atoms with Gasteiger partial charge in [-0.05, 0) is 0 Å². The molecule has 0 bridgehead atoms. The molecule has 1 aliphatic heterocycles. The van der Waals surface area contributed by atoms with Crippen LogP contribution < -0.4 is 0 Å². The molecular formula is C5H9BrOTe. The number of hydrogen-bond acceptors (Lipinski definition) is 1. The number of ether oxygens (including phenoxy) is 1. The zero-order chi connectivity index (χ0) is 5.82. The van der Waals surface area contributed by atoms with E-state index in [0.717, 1.165) is 22.5 Å². The van der Waals surface area contributed by atoms with Gasteiger partial charge < -0.3 is 0 Å². The van der Waals surface area contributed by atoms with Crippen molar-refractivity contribution in [3.63, 3.8) is 0 Å². The van der Waals surface area contributed by atoms with Crippen molar-refractivity contribution in [2.24, 2.45) is 0 Å². The van der Waals surface area contributed by atoms with Crippen LogP contribution in [-0.2, 0) is 4.74 Å². The van der Waals surface area contributed by atoms with Crippen molar-refractivity contribution in [2.45, 2.75) is 8.43 Å². The number of alkyl halides is 1. The van der Waals surface area contributed by atoms with Crippen LogP contribution in [0.3, 0.4) is 0 Å². The number of halogens is 1. The zero-order valence-electron chi connectivity index (χ0n) is 4.60. The number of rotatable bonds is 1. The van der Waals surface area contributed by atoms with Crippen molar-refractivity contribution < 1.29 is 4.74 Å². The van der Waals surface area contributed by atoms with Gasteiger partial charge in [-0.3, -0.25) is 0 Å². The summed E-state index contributed by atoms with van der Waals surface area (Å²) in [7, 11) is 0. The SMILES string of the molecule is BrCC1COCC[Te]1. The summed E-state index contributed by atoms with van der Waals surface area (Å²) >= 11 is 3.78. The van der Waals surface area contributed by atoms with E-state index < -0.39 is 0 Å². The Morgan fingerprint density at radius 1 is 1.75 bits per heavy atom. The molecule has 0 N–H and O–H groups in total. The van der Waals surface area contributed by atoms with Gasteiger partial charge in [-0.25, -0.2) is 0 Å². The molecule has 48 valence electrons. The van der Waals surface area contributed by atoms with Crippen LogP contribution in [-0.4, -0.2) is 39.5 Å². The first-order valence-electron chi connectivity index (χ1n) is 2.69. The van der Waals surface area contributed by atoms with Crippen molar-refractivity contribution in [1.29, 1.82) is 0 Å². The third-order valence-corrected chi connectivity index (χ3v) is 6.53. The van der Waals surface area contributed by atoms with Gasteiger partial charge in [0.15, 0.2) is 0 Å². The molecule has 1 unspecified atom stereocenters. The van der Waals surface area contributed by atoms with E-state index >= 15 is 0 Å². The Labute approximate surface area is 68.4 Å². The van der Waals surface area contributed by atoms with Crippen LogP contribution in [0.5, 0.6) is 0 Å². The van der Waals surface area contributed by atoms with Crippen LogP contribution in [0, 0.1) is 0 Å². The predicted octanol–water partition coefficient (Wildman–Crippen LogP) is 1.32. The Hall–Kier alpha value is 1.23. The minimum atomic E-state index is 0.320. The van der Waals surface area contributed by atoms with E-state index in [1.165, 1.54) is 4.47 Å². The van der Waals surface area contributed by atoms with E-state index in [1.807, 2.05) is 0 Å². The van der Waals surface area contributed by atoms with E-state index in [4.69, 9.17) is 4.74 Å². The second-order valence-electron chi connectivity index (χ2n) is 1.72. The average Bonchev–Trinajstić information content (AvgIpc) is 1.90. The van der Waals surface area contributed by atoms with Crippen molar-refractivity contribution >= 4 is 36.9 Å². The second-order valence-corrected chi connectivity index (χ2v) is 6.39. The van der Waals surface area contributed by atoms with Gasteiger partial charge in [0.05, 0.1) is 0 Å². The molecule has 3 heteroatoms. The molecule has 0 amide bonds. The topological polar surface area (TPSA) is 9.23 Å². The quantitative estimate of drug-likeness (QED) is 0.523. The van der Waals surface area contributed by atoms with Crippen LogP contribution in [0.15, 0.2) is 0 Å². The molecule has 1 heterocycles. The van der Waals surface area contributed by atoms with Gasteiger partial charge in [-0.1, -0.05) is 0 Å². The second kappa shape index (κ2) is 4.11. The minimum absolute atomic E-state index is 0.320. The van der Waals surface area contributed by atoms with Gasteiger partial charge in [0, 0.05) is 0 Å². The molecule has 0 aromatic heterocycles. The van der Waals surface area contributed by atoms with Crippen molar-refractivity contribution in [3.8, 4) is 0 Å². The van der Waals surface area contributed by atoms with Gasteiger partial charge in [0.1, 0.15) is 0 Å². The number of hydrogen-bond donors (Lipinski definition) is 0. The first kappa shape index (κ1) is 7.34. The summed E-state index contributed by atoms with van der Waals surface area (Å²) in [6.45, 7) is 2.05. The summed E-state index contributed by atoms with van der Waals surface area (Å²) in [5.41, 5.74) is 0. The van der Waals surface area contributed by atoms with Crippen LogP contribution >= 0.6 is 15.9 Å². The molecule has 0 aromatic carbocycles. The first-order chi connectivity index (χ1) is 3.93. The molecule has 0 spiro atoms. The predicted molar refractivity (Wildman–Crippen MR) is 38.9 cm³/mol. The molecule has 1 aliphatic rings. The first-order valence-corrected chi connectivity index (χ1v) is 6.80. The van der Waals surface area contributed by atoms with Gasteiger partial charge >= 0.3 is 68.6 Å². The summed E-state index contributed by atoms with van der Waals surface area (Å²) in [6, 6.07) is 0. The van der Waals surface area contributed by atoms with Gasteiger partial charge in [-0.15, -0.1) is 0 Å². The molecular weight excluding hydrogens is 284 g/mol. The van der Waals surface area contributed by atoms with E-state index in [9.17, 15) is 0 Å². The molecule has 1 saturated heterocycles. The Balaban J connectivity index is 2.13. The average molecular weight is 293 g/mol.